The molecule has 144 valence electrons. The number of halogens is 1. The van der Waals surface area contributed by atoms with E-state index >= 15 is 0 Å². The number of hydrogen-bond acceptors (Lipinski definition) is 5. The van der Waals surface area contributed by atoms with E-state index in [-0.39, 0.29) is 16.3 Å². The Morgan fingerprint density at radius 1 is 1.11 bits per heavy atom. The average molecular weight is 435 g/mol. The van der Waals surface area contributed by atoms with Crippen LogP contribution in [0.5, 0.6) is 0 Å². The SMILES string of the molecule is O=c1sc2cc(S(=O)(=O)NCc3ccco3)ccc2n1Cc1ccc(Cl)cc1. The predicted octanol–water partition coefficient (Wildman–Crippen LogP) is 3.84. The van der Waals surface area contributed by atoms with E-state index in [2.05, 4.69) is 4.72 Å². The number of nitrogens with one attached hydrogen (secondary N) is 1. The Morgan fingerprint density at radius 2 is 1.89 bits per heavy atom. The summed E-state index contributed by atoms with van der Waals surface area (Å²) in [7, 11) is -3.72. The highest BCUT2D eigenvalue weighted by Crippen LogP contribution is 2.23. The topological polar surface area (TPSA) is 81.3 Å². The molecule has 0 atom stereocenters. The molecule has 0 saturated carbocycles. The van der Waals surface area contributed by atoms with Gasteiger partial charge in [-0.05, 0) is 48.0 Å². The molecule has 2 heterocycles. The molecule has 0 radical (unpaired) electrons. The van der Waals surface area contributed by atoms with Gasteiger partial charge in [0, 0.05) is 5.02 Å². The van der Waals surface area contributed by atoms with Gasteiger partial charge in [-0.15, -0.1) is 0 Å². The minimum absolute atomic E-state index is 0.0567. The van der Waals surface area contributed by atoms with Crippen molar-refractivity contribution >= 4 is 43.2 Å². The van der Waals surface area contributed by atoms with Gasteiger partial charge < -0.3 is 4.42 Å². The van der Waals surface area contributed by atoms with Crippen LogP contribution in [0.4, 0.5) is 0 Å². The molecule has 0 aliphatic heterocycles. The van der Waals surface area contributed by atoms with Crippen molar-refractivity contribution in [2.75, 3.05) is 0 Å². The van der Waals surface area contributed by atoms with E-state index in [1.54, 1.807) is 34.9 Å². The predicted molar refractivity (Wildman–Crippen MR) is 109 cm³/mol. The van der Waals surface area contributed by atoms with Gasteiger partial charge in [-0.2, -0.15) is 0 Å². The molecule has 9 heteroatoms. The van der Waals surface area contributed by atoms with E-state index in [0.29, 0.717) is 27.5 Å². The van der Waals surface area contributed by atoms with Crippen molar-refractivity contribution in [1.29, 1.82) is 0 Å². The minimum atomic E-state index is -3.72. The van der Waals surface area contributed by atoms with Gasteiger partial charge in [-0.25, -0.2) is 13.1 Å². The van der Waals surface area contributed by atoms with Gasteiger partial charge in [0.1, 0.15) is 5.76 Å². The summed E-state index contributed by atoms with van der Waals surface area (Å²) in [5.74, 6) is 0.517. The zero-order valence-corrected chi connectivity index (χ0v) is 16.9. The number of thiazole rings is 1. The highest BCUT2D eigenvalue weighted by Gasteiger charge is 2.17. The standard InChI is InChI=1S/C19H15ClN2O4S2/c20-14-5-3-13(4-6-14)12-22-17-8-7-16(10-18(17)27-19(22)23)28(24,25)21-11-15-2-1-9-26-15/h1-10,21H,11-12H2. The van der Waals surface area contributed by atoms with Crippen molar-refractivity contribution in [2.24, 2.45) is 0 Å². The molecule has 2 aromatic carbocycles. The molecule has 4 aromatic rings. The molecule has 0 spiro atoms. The van der Waals surface area contributed by atoms with Gasteiger partial charge in [0.15, 0.2) is 0 Å². The first kappa shape index (κ1) is 18.9. The summed E-state index contributed by atoms with van der Waals surface area (Å²) in [5, 5.41) is 0.628. The molecule has 0 bridgehead atoms. The van der Waals surface area contributed by atoms with E-state index in [0.717, 1.165) is 16.9 Å². The smallest absolute Gasteiger partial charge is 0.308 e. The molecule has 0 amide bonds. The molecular weight excluding hydrogens is 420 g/mol. The van der Waals surface area contributed by atoms with Crippen LogP contribution in [0.3, 0.4) is 0 Å². The van der Waals surface area contributed by atoms with Crippen LogP contribution in [0.1, 0.15) is 11.3 Å². The number of benzene rings is 2. The van der Waals surface area contributed by atoms with Gasteiger partial charge >= 0.3 is 4.87 Å². The second-order valence-corrected chi connectivity index (χ2v) is 9.31. The maximum absolute atomic E-state index is 12.5. The lowest BCUT2D eigenvalue weighted by Crippen LogP contribution is -2.22. The summed E-state index contributed by atoms with van der Waals surface area (Å²) < 4.78 is 34.9. The minimum Gasteiger partial charge on any atom is -0.468 e. The van der Waals surface area contributed by atoms with Crippen LogP contribution in [0, 0.1) is 0 Å². The molecule has 28 heavy (non-hydrogen) atoms. The Bertz CT molecular complexity index is 1270. The van der Waals surface area contributed by atoms with E-state index in [1.807, 2.05) is 12.1 Å². The van der Waals surface area contributed by atoms with Gasteiger partial charge in [0.2, 0.25) is 10.0 Å². The Morgan fingerprint density at radius 3 is 2.61 bits per heavy atom. The Labute approximate surface area is 170 Å². The number of hydrogen-bond donors (Lipinski definition) is 1. The van der Waals surface area contributed by atoms with Crippen LogP contribution < -0.4 is 9.60 Å². The molecule has 0 fully saturated rings. The van der Waals surface area contributed by atoms with Gasteiger partial charge in [0.05, 0.1) is 34.5 Å². The quantitative estimate of drug-likeness (QED) is 0.500. The fourth-order valence-corrected chi connectivity index (χ4v) is 4.95. The fraction of sp³-hybridized carbons (Fsp3) is 0.105. The summed E-state index contributed by atoms with van der Waals surface area (Å²) in [6.07, 6.45) is 1.48. The van der Waals surface area contributed by atoms with Crippen LogP contribution in [0.25, 0.3) is 10.2 Å². The third-order valence-corrected chi connectivity index (χ3v) is 6.81. The summed E-state index contributed by atoms with van der Waals surface area (Å²) in [5.41, 5.74) is 1.62. The average Bonchev–Trinajstić information content (AvgIpc) is 3.30. The number of aromatic nitrogens is 1. The molecule has 2 aromatic heterocycles. The number of rotatable bonds is 6. The van der Waals surface area contributed by atoms with Crippen molar-refractivity contribution < 1.29 is 12.8 Å². The molecule has 0 aliphatic rings. The summed E-state index contributed by atoms with van der Waals surface area (Å²) in [6, 6.07) is 15.3. The van der Waals surface area contributed by atoms with Crippen molar-refractivity contribution in [2.45, 2.75) is 18.0 Å². The van der Waals surface area contributed by atoms with E-state index in [1.165, 1.54) is 18.4 Å². The Balaban J connectivity index is 1.63. The van der Waals surface area contributed by atoms with Crippen molar-refractivity contribution in [1.82, 2.24) is 9.29 Å². The number of furan rings is 1. The van der Waals surface area contributed by atoms with E-state index < -0.39 is 10.0 Å². The highest BCUT2D eigenvalue weighted by molar-refractivity contribution is 7.89. The molecule has 6 nitrogen and oxygen atoms in total. The largest absolute Gasteiger partial charge is 0.468 e. The maximum Gasteiger partial charge on any atom is 0.308 e. The molecule has 0 saturated heterocycles. The van der Waals surface area contributed by atoms with Crippen LogP contribution in [0.15, 0.2) is 75.0 Å². The van der Waals surface area contributed by atoms with Gasteiger partial charge in [-0.1, -0.05) is 35.1 Å². The number of sulfonamides is 1. The third kappa shape index (κ3) is 3.90. The lowest BCUT2D eigenvalue weighted by molar-refractivity contribution is 0.498. The molecule has 0 unspecified atom stereocenters. The lowest BCUT2D eigenvalue weighted by Gasteiger charge is -2.07. The summed E-state index contributed by atoms with van der Waals surface area (Å²) >= 11 is 6.92. The lowest BCUT2D eigenvalue weighted by atomic mass is 10.2. The van der Waals surface area contributed by atoms with Crippen molar-refractivity contribution in [3.05, 3.63) is 86.9 Å². The number of fused-ring (bicyclic) bond motifs is 1. The monoisotopic (exact) mass is 434 g/mol. The summed E-state index contributed by atoms with van der Waals surface area (Å²) in [4.78, 5) is 12.4. The normalized spacial score (nSPS) is 11.9. The molecule has 0 aliphatic carbocycles. The van der Waals surface area contributed by atoms with Crippen LogP contribution >= 0.6 is 22.9 Å². The number of nitrogens with zero attached hydrogens (tertiary/aromatic N) is 1. The third-order valence-electron chi connectivity index (χ3n) is 4.22. The summed E-state index contributed by atoms with van der Waals surface area (Å²) in [6.45, 7) is 0.444. The Hall–Kier alpha value is -2.39. The van der Waals surface area contributed by atoms with Crippen LogP contribution in [0.2, 0.25) is 5.02 Å². The van der Waals surface area contributed by atoms with Crippen molar-refractivity contribution in [3.8, 4) is 0 Å². The Kier molecular flexibility index (Phi) is 5.11. The maximum atomic E-state index is 12.5. The first-order valence-corrected chi connectivity index (χ1v) is 11.0. The highest BCUT2D eigenvalue weighted by atomic mass is 35.5. The molecule has 1 N–H and O–H groups in total. The zero-order chi connectivity index (χ0) is 19.7. The van der Waals surface area contributed by atoms with Gasteiger partial charge in [0.25, 0.3) is 0 Å². The zero-order valence-electron chi connectivity index (χ0n) is 14.5. The second-order valence-electron chi connectivity index (χ2n) is 6.11. The van der Waals surface area contributed by atoms with E-state index in [9.17, 15) is 13.2 Å². The van der Waals surface area contributed by atoms with E-state index in [4.69, 9.17) is 16.0 Å². The first-order chi connectivity index (χ1) is 13.4. The molecular formula is C19H15ClN2O4S2. The molecule has 4 rings (SSSR count). The fourth-order valence-electron chi connectivity index (χ4n) is 2.80. The van der Waals surface area contributed by atoms with Crippen LogP contribution in [-0.2, 0) is 23.1 Å². The van der Waals surface area contributed by atoms with Crippen LogP contribution in [-0.4, -0.2) is 13.0 Å². The van der Waals surface area contributed by atoms with Gasteiger partial charge in [-0.3, -0.25) is 9.36 Å². The first-order valence-electron chi connectivity index (χ1n) is 8.32. The second kappa shape index (κ2) is 7.56. The van der Waals surface area contributed by atoms with Crippen molar-refractivity contribution in [3.63, 3.8) is 0 Å².